The fourth-order valence-electron chi connectivity index (χ4n) is 0.565. The summed E-state index contributed by atoms with van der Waals surface area (Å²) < 4.78 is 0. The number of hydrogen-bond acceptors (Lipinski definition) is 3. The number of hydrogen-bond donors (Lipinski definition) is 1. The summed E-state index contributed by atoms with van der Waals surface area (Å²) in [6.07, 6.45) is 0.159. The zero-order chi connectivity index (χ0) is 9.72. The SMILES string of the molecule is C=C(CC(=O)N(C)C(C)=O)NC. The van der Waals surface area contributed by atoms with Gasteiger partial charge in [0.25, 0.3) is 0 Å². The Kier molecular flexibility index (Phi) is 4.04. The maximum atomic E-state index is 11.2. The predicted octanol–water partition coefficient (Wildman–Crippen LogP) is 0.114. The van der Waals surface area contributed by atoms with Crippen molar-refractivity contribution in [1.82, 2.24) is 10.2 Å². The molecule has 12 heavy (non-hydrogen) atoms. The lowest BCUT2D eigenvalue weighted by atomic mass is 10.3. The summed E-state index contributed by atoms with van der Waals surface area (Å²) in [6.45, 7) is 4.93. The van der Waals surface area contributed by atoms with Gasteiger partial charge in [-0.15, -0.1) is 0 Å². The van der Waals surface area contributed by atoms with Crippen LogP contribution in [0, 0.1) is 0 Å². The molecular weight excluding hydrogens is 156 g/mol. The molecule has 0 saturated heterocycles. The number of imide groups is 1. The van der Waals surface area contributed by atoms with Gasteiger partial charge in [0.05, 0.1) is 6.42 Å². The quantitative estimate of drug-likeness (QED) is 0.654. The maximum Gasteiger partial charge on any atom is 0.234 e. The molecule has 4 heteroatoms. The van der Waals surface area contributed by atoms with Gasteiger partial charge in [-0.05, 0) is 0 Å². The highest BCUT2D eigenvalue weighted by Crippen LogP contribution is 1.97. The van der Waals surface area contributed by atoms with Crippen molar-refractivity contribution in [2.45, 2.75) is 13.3 Å². The number of nitrogens with zero attached hydrogens (tertiary/aromatic N) is 1. The van der Waals surface area contributed by atoms with E-state index in [1.807, 2.05) is 0 Å². The van der Waals surface area contributed by atoms with Crippen LogP contribution in [-0.2, 0) is 9.59 Å². The van der Waals surface area contributed by atoms with Gasteiger partial charge in [-0.2, -0.15) is 0 Å². The first-order valence-corrected chi connectivity index (χ1v) is 3.61. The molecule has 68 valence electrons. The zero-order valence-corrected chi connectivity index (χ0v) is 7.68. The summed E-state index contributed by atoms with van der Waals surface area (Å²) in [5.41, 5.74) is 0.605. The van der Waals surface area contributed by atoms with E-state index < -0.39 is 0 Å². The van der Waals surface area contributed by atoms with Crippen molar-refractivity contribution >= 4 is 11.8 Å². The van der Waals surface area contributed by atoms with Crippen molar-refractivity contribution in [3.63, 3.8) is 0 Å². The molecule has 0 aromatic heterocycles. The second-order valence-electron chi connectivity index (χ2n) is 2.50. The van der Waals surface area contributed by atoms with Crippen LogP contribution in [0.25, 0.3) is 0 Å². The lowest BCUT2D eigenvalue weighted by molar-refractivity contribution is -0.141. The van der Waals surface area contributed by atoms with Crippen molar-refractivity contribution in [1.29, 1.82) is 0 Å². The minimum Gasteiger partial charge on any atom is -0.391 e. The Morgan fingerprint density at radius 2 is 2.00 bits per heavy atom. The normalized spacial score (nSPS) is 8.92. The van der Waals surface area contributed by atoms with Crippen LogP contribution in [0.1, 0.15) is 13.3 Å². The summed E-state index contributed by atoms with van der Waals surface area (Å²) in [5, 5.41) is 2.74. The van der Waals surface area contributed by atoms with E-state index in [-0.39, 0.29) is 18.2 Å². The van der Waals surface area contributed by atoms with Gasteiger partial charge in [0.1, 0.15) is 0 Å². The second kappa shape index (κ2) is 4.54. The monoisotopic (exact) mass is 170 g/mol. The first-order chi connectivity index (χ1) is 5.49. The Hall–Kier alpha value is -1.32. The minimum absolute atomic E-state index is 0.159. The molecule has 0 aliphatic rings. The number of nitrogens with one attached hydrogen (secondary N) is 1. The first-order valence-electron chi connectivity index (χ1n) is 3.61. The van der Waals surface area contributed by atoms with E-state index >= 15 is 0 Å². The molecule has 0 aliphatic carbocycles. The Morgan fingerprint density at radius 1 is 1.50 bits per heavy atom. The van der Waals surface area contributed by atoms with Crippen LogP contribution in [0.15, 0.2) is 12.3 Å². The molecule has 4 nitrogen and oxygen atoms in total. The third-order valence-electron chi connectivity index (χ3n) is 1.56. The van der Waals surface area contributed by atoms with Crippen molar-refractivity contribution in [3.05, 3.63) is 12.3 Å². The van der Waals surface area contributed by atoms with Gasteiger partial charge >= 0.3 is 0 Å². The molecule has 0 unspecified atom stereocenters. The molecule has 0 heterocycles. The first kappa shape index (κ1) is 10.7. The largest absolute Gasteiger partial charge is 0.391 e. The number of carbonyl (C=O) groups excluding carboxylic acids is 2. The van der Waals surface area contributed by atoms with E-state index in [4.69, 9.17) is 0 Å². The van der Waals surface area contributed by atoms with Crippen LogP contribution in [0.2, 0.25) is 0 Å². The third kappa shape index (κ3) is 3.18. The second-order valence-corrected chi connectivity index (χ2v) is 2.50. The van der Waals surface area contributed by atoms with Gasteiger partial charge in [-0.25, -0.2) is 0 Å². The molecular formula is C8H14N2O2. The fraction of sp³-hybridized carbons (Fsp3) is 0.500. The van der Waals surface area contributed by atoms with Gasteiger partial charge in [0, 0.05) is 26.7 Å². The zero-order valence-electron chi connectivity index (χ0n) is 7.68. The highest BCUT2D eigenvalue weighted by atomic mass is 16.2. The molecule has 0 aliphatic heterocycles. The van der Waals surface area contributed by atoms with Crippen LogP contribution >= 0.6 is 0 Å². The van der Waals surface area contributed by atoms with E-state index in [2.05, 4.69) is 11.9 Å². The maximum absolute atomic E-state index is 11.2. The summed E-state index contributed by atoms with van der Waals surface area (Å²) in [4.78, 5) is 22.9. The summed E-state index contributed by atoms with van der Waals surface area (Å²) in [7, 11) is 3.14. The molecule has 0 atom stereocenters. The van der Waals surface area contributed by atoms with Gasteiger partial charge < -0.3 is 5.32 Å². The van der Waals surface area contributed by atoms with Crippen molar-refractivity contribution in [3.8, 4) is 0 Å². The standard InChI is InChI=1S/C8H14N2O2/c1-6(9-3)5-8(12)10(4)7(2)11/h9H,1,5H2,2-4H3. The van der Waals surface area contributed by atoms with Crippen LogP contribution in [0.5, 0.6) is 0 Å². The van der Waals surface area contributed by atoms with Crippen LogP contribution < -0.4 is 5.32 Å². The van der Waals surface area contributed by atoms with Gasteiger partial charge in [-0.3, -0.25) is 14.5 Å². The van der Waals surface area contributed by atoms with E-state index in [1.54, 1.807) is 7.05 Å². The summed E-state index contributed by atoms with van der Waals surface area (Å²) in [6, 6.07) is 0. The van der Waals surface area contributed by atoms with Crippen LogP contribution in [0.3, 0.4) is 0 Å². The molecule has 0 rings (SSSR count). The Labute approximate surface area is 72.2 Å². The number of carbonyl (C=O) groups is 2. The van der Waals surface area contributed by atoms with E-state index in [1.165, 1.54) is 14.0 Å². The molecule has 0 saturated carbocycles. The molecule has 0 radical (unpaired) electrons. The van der Waals surface area contributed by atoms with Crippen molar-refractivity contribution < 1.29 is 9.59 Å². The fourth-order valence-corrected chi connectivity index (χ4v) is 0.565. The van der Waals surface area contributed by atoms with Crippen LogP contribution in [-0.4, -0.2) is 30.8 Å². The molecule has 0 fully saturated rings. The van der Waals surface area contributed by atoms with E-state index in [0.717, 1.165) is 4.90 Å². The molecule has 0 aromatic rings. The molecule has 1 N–H and O–H groups in total. The molecule has 2 amide bonds. The molecule has 0 aromatic carbocycles. The van der Waals surface area contributed by atoms with Gasteiger partial charge in [0.2, 0.25) is 11.8 Å². The van der Waals surface area contributed by atoms with Crippen molar-refractivity contribution in [2.24, 2.45) is 0 Å². The van der Waals surface area contributed by atoms with Crippen molar-refractivity contribution in [2.75, 3.05) is 14.1 Å². The van der Waals surface area contributed by atoms with Crippen LogP contribution in [0.4, 0.5) is 0 Å². The number of amides is 2. The molecule has 0 spiro atoms. The highest BCUT2D eigenvalue weighted by molar-refractivity contribution is 5.94. The molecule has 0 bridgehead atoms. The summed E-state index contributed by atoms with van der Waals surface area (Å²) >= 11 is 0. The van der Waals surface area contributed by atoms with Gasteiger partial charge in [-0.1, -0.05) is 6.58 Å². The predicted molar refractivity (Wildman–Crippen MR) is 46.3 cm³/mol. The number of rotatable bonds is 3. The Bertz CT molecular complexity index is 211. The van der Waals surface area contributed by atoms with Gasteiger partial charge in [0.15, 0.2) is 0 Å². The Balaban J connectivity index is 4.04. The third-order valence-corrected chi connectivity index (χ3v) is 1.56. The van der Waals surface area contributed by atoms with E-state index in [0.29, 0.717) is 5.70 Å². The minimum atomic E-state index is -0.260. The average molecular weight is 170 g/mol. The Morgan fingerprint density at radius 3 is 2.33 bits per heavy atom. The topological polar surface area (TPSA) is 49.4 Å². The highest BCUT2D eigenvalue weighted by Gasteiger charge is 2.12. The summed E-state index contributed by atoms with van der Waals surface area (Å²) in [5.74, 6) is -0.509. The smallest absolute Gasteiger partial charge is 0.234 e. The lowest BCUT2D eigenvalue weighted by Crippen LogP contribution is -2.32. The van der Waals surface area contributed by atoms with E-state index in [9.17, 15) is 9.59 Å². The average Bonchev–Trinajstić information content (AvgIpc) is 2.02. The lowest BCUT2D eigenvalue weighted by Gasteiger charge is -2.13.